The summed E-state index contributed by atoms with van der Waals surface area (Å²) in [4.78, 5) is 25.1. The highest BCUT2D eigenvalue weighted by molar-refractivity contribution is 6.00. The zero-order valence-corrected chi connectivity index (χ0v) is 10.5. The summed E-state index contributed by atoms with van der Waals surface area (Å²) in [6.07, 6.45) is 0.261. The van der Waals surface area contributed by atoms with Gasteiger partial charge in [0.2, 0.25) is 11.8 Å². The number of nitrogens with zero attached hydrogens (tertiary/aromatic N) is 1. The highest BCUT2D eigenvalue weighted by atomic mass is 16.5. The highest BCUT2D eigenvalue weighted by Gasteiger charge is 2.34. The number of methoxy groups -OCH3 is 1. The van der Waals surface area contributed by atoms with Gasteiger partial charge in [-0.2, -0.15) is 0 Å². The first-order chi connectivity index (χ1) is 8.65. The normalized spacial score (nSPS) is 18.9. The van der Waals surface area contributed by atoms with Crippen LogP contribution in [0.3, 0.4) is 0 Å². The van der Waals surface area contributed by atoms with E-state index in [2.05, 4.69) is 5.32 Å². The molecule has 1 aromatic carbocycles. The van der Waals surface area contributed by atoms with E-state index in [0.717, 1.165) is 5.69 Å². The molecule has 0 spiro atoms. The number of hydrogen-bond acceptors (Lipinski definition) is 3. The van der Waals surface area contributed by atoms with E-state index in [4.69, 9.17) is 4.74 Å². The summed E-state index contributed by atoms with van der Waals surface area (Å²) in [5, 5.41) is 2.58. The molecule has 1 unspecified atom stereocenters. The number of nitrogens with one attached hydrogen (secondary N) is 1. The Balaban J connectivity index is 2.18. The van der Waals surface area contributed by atoms with Crippen LogP contribution < -0.4 is 15.0 Å². The molecule has 18 heavy (non-hydrogen) atoms. The van der Waals surface area contributed by atoms with Crippen LogP contribution in [0.15, 0.2) is 24.3 Å². The Morgan fingerprint density at radius 3 is 2.94 bits per heavy atom. The van der Waals surface area contributed by atoms with Gasteiger partial charge in [-0.25, -0.2) is 0 Å². The molecule has 1 atom stereocenters. The molecular formula is C13H16N2O3. The van der Waals surface area contributed by atoms with Crippen molar-refractivity contribution in [2.24, 2.45) is 5.92 Å². The molecule has 1 fully saturated rings. The average Bonchev–Trinajstić information content (AvgIpc) is 2.80. The first kappa shape index (κ1) is 12.4. The monoisotopic (exact) mass is 248 g/mol. The van der Waals surface area contributed by atoms with Crippen LogP contribution >= 0.6 is 0 Å². The van der Waals surface area contributed by atoms with E-state index in [0.29, 0.717) is 12.3 Å². The van der Waals surface area contributed by atoms with Gasteiger partial charge in [-0.1, -0.05) is 6.07 Å². The summed E-state index contributed by atoms with van der Waals surface area (Å²) in [5.41, 5.74) is 0.769. The van der Waals surface area contributed by atoms with Crippen LogP contribution in [-0.2, 0) is 9.59 Å². The van der Waals surface area contributed by atoms with E-state index in [1.807, 2.05) is 18.2 Å². The molecule has 2 rings (SSSR count). The predicted octanol–water partition coefficient (Wildman–Crippen LogP) is 0.794. The van der Waals surface area contributed by atoms with Crippen LogP contribution in [0, 0.1) is 5.92 Å². The molecular weight excluding hydrogens is 232 g/mol. The minimum atomic E-state index is -0.270. The van der Waals surface area contributed by atoms with Gasteiger partial charge >= 0.3 is 0 Å². The number of carbonyl (C=O) groups is 2. The Morgan fingerprint density at radius 2 is 2.28 bits per heavy atom. The van der Waals surface area contributed by atoms with E-state index >= 15 is 0 Å². The zero-order valence-electron chi connectivity index (χ0n) is 10.5. The first-order valence-electron chi connectivity index (χ1n) is 5.81. The largest absolute Gasteiger partial charge is 0.497 e. The third-order valence-corrected chi connectivity index (χ3v) is 3.11. The molecule has 1 N–H and O–H groups in total. The topological polar surface area (TPSA) is 58.6 Å². The van der Waals surface area contributed by atoms with Crippen molar-refractivity contribution in [2.75, 3.05) is 25.6 Å². The van der Waals surface area contributed by atoms with Crippen LogP contribution in [0.25, 0.3) is 0 Å². The lowest BCUT2D eigenvalue weighted by Crippen LogP contribution is -2.30. The van der Waals surface area contributed by atoms with Crippen LogP contribution in [0.4, 0.5) is 5.69 Å². The molecule has 2 amide bonds. The lowest BCUT2D eigenvalue weighted by atomic mass is 10.1. The maximum Gasteiger partial charge on any atom is 0.227 e. The second kappa shape index (κ2) is 5.08. The number of anilines is 1. The SMILES string of the molecule is CNC(=O)C1CC(=O)N(c2cccc(OC)c2)C1. The maximum absolute atomic E-state index is 11.9. The van der Waals surface area contributed by atoms with Crippen molar-refractivity contribution in [2.45, 2.75) is 6.42 Å². The Kier molecular flexibility index (Phi) is 3.50. The molecule has 5 heteroatoms. The van der Waals surface area contributed by atoms with Crippen molar-refractivity contribution in [3.8, 4) is 5.75 Å². The average molecular weight is 248 g/mol. The second-order valence-electron chi connectivity index (χ2n) is 4.22. The number of ether oxygens (including phenoxy) is 1. The Labute approximate surface area is 106 Å². The maximum atomic E-state index is 11.9. The minimum Gasteiger partial charge on any atom is -0.497 e. The second-order valence-corrected chi connectivity index (χ2v) is 4.22. The van der Waals surface area contributed by atoms with Crippen molar-refractivity contribution in [3.05, 3.63) is 24.3 Å². The summed E-state index contributed by atoms with van der Waals surface area (Å²) < 4.78 is 5.13. The van der Waals surface area contributed by atoms with Gasteiger partial charge in [-0.3, -0.25) is 9.59 Å². The molecule has 1 aliphatic rings. The van der Waals surface area contributed by atoms with Crippen molar-refractivity contribution < 1.29 is 14.3 Å². The van der Waals surface area contributed by atoms with Crippen molar-refractivity contribution in [1.29, 1.82) is 0 Å². The van der Waals surface area contributed by atoms with Gasteiger partial charge in [-0.15, -0.1) is 0 Å². The zero-order chi connectivity index (χ0) is 13.1. The molecule has 0 aliphatic carbocycles. The summed E-state index contributed by atoms with van der Waals surface area (Å²) in [7, 11) is 3.17. The smallest absolute Gasteiger partial charge is 0.227 e. The summed E-state index contributed by atoms with van der Waals surface area (Å²) in [5.74, 6) is 0.308. The van der Waals surface area contributed by atoms with E-state index in [1.165, 1.54) is 0 Å². The standard InChI is InChI=1S/C13H16N2O3/c1-14-13(17)9-6-12(16)15(8-9)10-4-3-5-11(7-10)18-2/h3-5,7,9H,6,8H2,1-2H3,(H,14,17). The molecule has 0 aromatic heterocycles. The fraction of sp³-hybridized carbons (Fsp3) is 0.385. The van der Waals surface area contributed by atoms with E-state index < -0.39 is 0 Å². The predicted molar refractivity (Wildman–Crippen MR) is 67.5 cm³/mol. The van der Waals surface area contributed by atoms with Gasteiger partial charge in [0.1, 0.15) is 5.75 Å². The molecule has 1 heterocycles. The fourth-order valence-electron chi connectivity index (χ4n) is 2.12. The van der Waals surface area contributed by atoms with Crippen molar-refractivity contribution in [3.63, 3.8) is 0 Å². The first-order valence-corrected chi connectivity index (χ1v) is 5.81. The molecule has 1 aromatic rings. The van der Waals surface area contributed by atoms with Gasteiger partial charge in [0.25, 0.3) is 0 Å². The van der Waals surface area contributed by atoms with Gasteiger partial charge in [-0.05, 0) is 12.1 Å². The van der Waals surface area contributed by atoms with Crippen LogP contribution in [0.5, 0.6) is 5.75 Å². The third kappa shape index (κ3) is 2.30. The van der Waals surface area contributed by atoms with Crippen molar-refractivity contribution >= 4 is 17.5 Å². The van der Waals surface area contributed by atoms with Gasteiger partial charge in [0.15, 0.2) is 0 Å². The molecule has 0 radical (unpaired) electrons. The minimum absolute atomic E-state index is 0.0307. The van der Waals surface area contributed by atoms with Crippen LogP contribution in [0.1, 0.15) is 6.42 Å². The Bertz CT molecular complexity index is 473. The number of benzene rings is 1. The summed E-state index contributed by atoms with van der Waals surface area (Å²) in [6, 6.07) is 7.28. The number of hydrogen-bond donors (Lipinski definition) is 1. The lowest BCUT2D eigenvalue weighted by molar-refractivity contribution is -0.125. The van der Waals surface area contributed by atoms with E-state index in [1.54, 1.807) is 25.1 Å². The van der Waals surface area contributed by atoms with Gasteiger partial charge in [0.05, 0.1) is 13.0 Å². The summed E-state index contributed by atoms with van der Waals surface area (Å²) in [6.45, 7) is 0.422. The van der Waals surface area contributed by atoms with Gasteiger partial charge in [0, 0.05) is 31.8 Å². The lowest BCUT2D eigenvalue weighted by Gasteiger charge is -2.17. The number of carbonyl (C=O) groups excluding carboxylic acids is 2. The fourth-order valence-corrected chi connectivity index (χ4v) is 2.12. The van der Waals surface area contributed by atoms with Crippen molar-refractivity contribution in [1.82, 2.24) is 5.32 Å². The molecule has 0 saturated carbocycles. The number of rotatable bonds is 3. The molecule has 1 aliphatic heterocycles. The van der Waals surface area contributed by atoms with Gasteiger partial charge < -0.3 is 15.0 Å². The quantitative estimate of drug-likeness (QED) is 0.860. The Morgan fingerprint density at radius 1 is 1.50 bits per heavy atom. The van der Waals surface area contributed by atoms with E-state index in [9.17, 15) is 9.59 Å². The summed E-state index contributed by atoms with van der Waals surface area (Å²) >= 11 is 0. The van der Waals surface area contributed by atoms with Crippen LogP contribution in [-0.4, -0.2) is 32.5 Å². The number of amides is 2. The van der Waals surface area contributed by atoms with E-state index in [-0.39, 0.29) is 24.2 Å². The molecule has 0 bridgehead atoms. The van der Waals surface area contributed by atoms with Crippen LogP contribution in [0.2, 0.25) is 0 Å². The molecule has 96 valence electrons. The third-order valence-electron chi connectivity index (χ3n) is 3.11. The molecule has 5 nitrogen and oxygen atoms in total. The Hall–Kier alpha value is -2.04. The highest BCUT2D eigenvalue weighted by Crippen LogP contribution is 2.27. The molecule has 1 saturated heterocycles.